The van der Waals surface area contributed by atoms with Crippen molar-refractivity contribution in [2.45, 2.75) is 103 Å². The maximum absolute atomic E-state index is 11.4. The van der Waals surface area contributed by atoms with Gasteiger partial charge in [-0.25, -0.2) is 4.57 Å². The molecule has 0 heterocycles. The molecule has 0 saturated carbocycles. The first-order valence-electron chi connectivity index (χ1n) is 11.1. The second kappa shape index (κ2) is 26.5. The van der Waals surface area contributed by atoms with Gasteiger partial charge in [-0.15, -0.1) is 0 Å². The molecule has 0 aromatic carbocycles. The van der Waals surface area contributed by atoms with Gasteiger partial charge >= 0.3 is 43.3 Å². The zero-order chi connectivity index (χ0) is 23.1. The molecule has 0 fully saturated rings. The number of hydrogen-bond acceptors (Lipinski definition) is 5. The van der Waals surface area contributed by atoms with Crippen molar-refractivity contribution < 1.29 is 70.0 Å². The number of aliphatic hydroxyl groups is 2. The normalized spacial score (nSPS) is 12.1. The fraction of sp³-hybridized carbons (Fsp3) is 0.857. The van der Waals surface area contributed by atoms with E-state index < -0.39 is 13.9 Å². The third-order valence-electron chi connectivity index (χ3n) is 4.29. The Balaban J connectivity index is -0.000000501. The molecule has 1 atom stereocenters. The molecular weight excluding hydrogens is 434 g/mol. The SMILES string of the molecule is CCCCCCCCC=CCCCCCCCC(=O)OCC(O)CO.O=P(O)(O)O.[H-].[Na+]. The van der Waals surface area contributed by atoms with Crippen molar-refractivity contribution in [1.29, 1.82) is 0 Å². The number of phosphoric acid groups is 1. The number of aliphatic hydroxyl groups excluding tert-OH is 2. The first-order valence-corrected chi connectivity index (χ1v) is 12.6. The Morgan fingerprint density at radius 3 is 1.77 bits per heavy atom. The summed E-state index contributed by atoms with van der Waals surface area (Å²) < 4.78 is 13.7. The van der Waals surface area contributed by atoms with Gasteiger partial charge < -0.3 is 31.1 Å². The summed E-state index contributed by atoms with van der Waals surface area (Å²) in [5.74, 6) is -0.287. The monoisotopic (exact) mass is 478 g/mol. The summed E-state index contributed by atoms with van der Waals surface area (Å²) >= 11 is 0. The van der Waals surface area contributed by atoms with Crippen molar-refractivity contribution in [3.63, 3.8) is 0 Å². The number of allylic oxidation sites excluding steroid dienone is 2. The van der Waals surface area contributed by atoms with Crippen LogP contribution in [0.5, 0.6) is 0 Å². The van der Waals surface area contributed by atoms with E-state index in [0.29, 0.717) is 6.42 Å². The van der Waals surface area contributed by atoms with Gasteiger partial charge in [0.05, 0.1) is 6.61 Å². The summed E-state index contributed by atoms with van der Waals surface area (Å²) in [6.45, 7) is 1.77. The van der Waals surface area contributed by atoms with Crippen LogP contribution in [-0.2, 0) is 14.1 Å². The zero-order valence-corrected chi connectivity index (χ0v) is 22.3. The van der Waals surface area contributed by atoms with Crippen LogP contribution in [0.15, 0.2) is 12.2 Å². The Hall–Kier alpha value is 0.240. The average Bonchev–Trinajstić information content (AvgIpc) is 2.67. The molecule has 0 aliphatic heterocycles. The maximum Gasteiger partial charge on any atom is 1.00 e. The minimum atomic E-state index is -4.64. The predicted octanol–water partition coefficient (Wildman–Crippen LogP) is 1.11. The fourth-order valence-corrected chi connectivity index (χ4v) is 2.65. The summed E-state index contributed by atoms with van der Waals surface area (Å²) in [5.41, 5.74) is 0. The third kappa shape index (κ3) is 41.0. The number of unbranched alkanes of at least 4 members (excludes halogenated alkanes) is 11. The number of hydrogen-bond donors (Lipinski definition) is 5. The van der Waals surface area contributed by atoms with E-state index >= 15 is 0 Å². The van der Waals surface area contributed by atoms with Crippen molar-refractivity contribution in [2.75, 3.05) is 13.2 Å². The molecule has 0 radical (unpaired) electrons. The van der Waals surface area contributed by atoms with E-state index in [0.717, 1.165) is 25.7 Å². The van der Waals surface area contributed by atoms with Crippen molar-refractivity contribution in [3.8, 4) is 0 Å². The quantitative estimate of drug-likeness (QED) is 0.0648. The molecule has 0 bridgehead atoms. The van der Waals surface area contributed by atoms with Crippen LogP contribution in [0.1, 0.15) is 98.2 Å². The Labute approximate surface area is 211 Å². The minimum Gasteiger partial charge on any atom is -1.00 e. The Kier molecular flexibility index (Phi) is 30.6. The summed E-state index contributed by atoms with van der Waals surface area (Å²) in [7, 11) is -4.64. The third-order valence-corrected chi connectivity index (χ3v) is 4.29. The van der Waals surface area contributed by atoms with Gasteiger partial charge in [-0.2, -0.15) is 0 Å². The number of carbonyl (C=O) groups excluding carboxylic acids is 1. The van der Waals surface area contributed by atoms with E-state index in [-0.39, 0.29) is 50.2 Å². The Morgan fingerprint density at radius 1 is 0.903 bits per heavy atom. The standard InChI is InChI=1S/C21H40O4.Na.H3O4P.H/c1-2-3-4-5-6-7-8-9-10-11-12-13-14-15-16-17-21(24)25-19-20(23)18-22;;1-5(2,3)4;/h9-10,20,22-23H,2-8,11-19H2,1H3;;(H3,1,2,3,4);/q;+1;;-1. The molecule has 0 aliphatic carbocycles. The molecule has 0 aliphatic rings. The number of rotatable bonds is 18. The topological polar surface area (TPSA) is 145 Å². The van der Waals surface area contributed by atoms with E-state index in [4.69, 9.17) is 34.2 Å². The van der Waals surface area contributed by atoms with Crippen LogP contribution < -0.4 is 29.6 Å². The van der Waals surface area contributed by atoms with Crippen LogP contribution in [0, 0.1) is 0 Å². The van der Waals surface area contributed by atoms with E-state index in [9.17, 15) is 4.79 Å². The molecule has 10 heteroatoms. The van der Waals surface area contributed by atoms with Crippen LogP contribution in [0.2, 0.25) is 0 Å². The van der Waals surface area contributed by atoms with E-state index in [1.807, 2.05) is 0 Å². The number of carbonyl (C=O) groups is 1. The van der Waals surface area contributed by atoms with Gasteiger partial charge in [0.15, 0.2) is 0 Å². The second-order valence-electron chi connectivity index (χ2n) is 7.37. The van der Waals surface area contributed by atoms with Crippen molar-refractivity contribution in [2.24, 2.45) is 0 Å². The average molecular weight is 479 g/mol. The number of ether oxygens (including phenoxy) is 1. The van der Waals surface area contributed by atoms with Crippen LogP contribution in [0.4, 0.5) is 0 Å². The van der Waals surface area contributed by atoms with Gasteiger partial charge in [-0.1, -0.05) is 70.4 Å². The van der Waals surface area contributed by atoms with Crippen molar-refractivity contribution >= 4 is 13.8 Å². The Morgan fingerprint density at radius 2 is 1.32 bits per heavy atom. The predicted molar refractivity (Wildman–Crippen MR) is 119 cm³/mol. The molecule has 31 heavy (non-hydrogen) atoms. The van der Waals surface area contributed by atoms with E-state index in [1.165, 1.54) is 57.8 Å². The molecule has 182 valence electrons. The largest absolute Gasteiger partial charge is 1.00 e. The molecule has 5 N–H and O–H groups in total. The molecule has 0 aromatic rings. The first-order chi connectivity index (χ1) is 14.2. The molecule has 0 aromatic heterocycles. The smallest absolute Gasteiger partial charge is 1.00 e. The Bertz CT molecular complexity index is 455. The molecule has 1 unspecified atom stereocenters. The van der Waals surface area contributed by atoms with Crippen molar-refractivity contribution in [1.82, 2.24) is 0 Å². The maximum atomic E-state index is 11.4. The van der Waals surface area contributed by atoms with Gasteiger partial charge in [-0.3, -0.25) is 4.79 Å². The van der Waals surface area contributed by atoms with Gasteiger partial charge in [0.2, 0.25) is 0 Å². The van der Waals surface area contributed by atoms with E-state index in [2.05, 4.69) is 19.1 Å². The van der Waals surface area contributed by atoms with Gasteiger partial charge in [0.1, 0.15) is 12.7 Å². The van der Waals surface area contributed by atoms with Crippen LogP contribution in [-0.4, -0.2) is 50.2 Å². The molecule has 0 amide bonds. The molecule has 0 spiro atoms. The van der Waals surface area contributed by atoms with E-state index in [1.54, 1.807) is 0 Å². The summed E-state index contributed by atoms with van der Waals surface area (Å²) in [6, 6.07) is 0. The molecular formula is C21H44NaO8P. The molecule has 0 rings (SSSR count). The van der Waals surface area contributed by atoms with Crippen molar-refractivity contribution in [3.05, 3.63) is 12.2 Å². The fourth-order valence-electron chi connectivity index (χ4n) is 2.65. The molecule has 0 saturated heterocycles. The van der Waals surface area contributed by atoms with Crippen LogP contribution >= 0.6 is 7.82 Å². The first kappa shape index (κ1) is 35.8. The molecule has 8 nitrogen and oxygen atoms in total. The van der Waals surface area contributed by atoms with Crippen LogP contribution in [0.25, 0.3) is 0 Å². The van der Waals surface area contributed by atoms with Gasteiger partial charge in [0.25, 0.3) is 0 Å². The van der Waals surface area contributed by atoms with Crippen LogP contribution in [0.3, 0.4) is 0 Å². The summed E-state index contributed by atoms with van der Waals surface area (Å²) in [6.07, 6.45) is 20.1. The summed E-state index contributed by atoms with van der Waals surface area (Å²) in [5, 5.41) is 17.7. The summed E-state index contributed by atoms with van der Waals surface area (Å²) in [4.78, 5) is 32.9. The second-order valence-corrected chi connectivity index (χ2v) is 8.39. The number of esters is 1. The minimum absolute atomic E-state index is 0. The van der Waals surface area contributed by atoms with Gasteiger partial charge in [-0.05, 0) is 32.1 Å². The zero-order valence-electron chi connectivity index (χ0n) is 20.5. The van der Waals surface area contributed by atoms with Gasteiger partial charge in [0, 0.05) is 6.42 Å².